The maximum atomic E-state index is 5.74. The maximum absolute atomic E-state index is 5.74. The fourth-order valence-electron chi connectivity index (χ4n) is 4.41. The Morgan fingerprint density at radius 1 is 1.21 bits per heavy atom. The fraction of sp³-hybridized carbons (Fsp3) is 0.600. The summed E-state index contributed by atoms with van der Waals surface area (Å²) in [7, 11) is 0. The van der Waals surface area contributed by atoms with Crippen LogP contribution >= 0.6 is 24.0 Å². The molecule has 2 aromatic rings. The SMILES string of the molecule is CCNC(=NCC1CCN(Cc2nc(C)c(C)o2)CC1)NCCc1ccc2c(c1)CCO2.I. The van der Waals surface area contributed by atoms with Gasteiger partial charge in [0.15, 0.2) is 5.96 Å². The number of halogens is 1. The second-order valence-corrected chi connectivity index (χ2v) is 8.91. The summed E-state index contributed by atoms with van der Waals surface area (Å²) in [6.07, 6.45) is 4.34. The van der Waals surface area contributed by atoms with Gasteiger partial charge < -0.3 is 19.8 Å². The molecule has 4 rings (SSSR count). The van der Waals surface area contributed by atoms with E-state index in [1.165, 1.54) is 24.0 Å². The van der Waals surface area contributed by atoms with Crippen molar-refractivity contribution in [1.29, 1.82) is 0 Å². The third kappa shape index (κ3) is 7.34. The Kier molecular flexibility index (Phi) is 9.85. The minimum atomic E-state index is 0. The minimum absolute atomic E-state index is 0. The van der Waals surface area contributed by atoms with Gasteiger partial charge >= 0.3 is 0 Å². The summed E-state index contributed by atoms with van der Waals surface area (Å²) in [5.74, 6) is 4.37. The van der Waals surface area contributed by atoms with E-state index in [4.69, 9.17) is 14.1 Å². The zero-order valence-corrected chi connectivity index (χ0v) is 22.5. The highest BCUT2D eigenvalue weighted by Gasteiger charge is 2.21. The predicted molar refractivity (Wildman–Crippen MR) is 143 cm³/mol. The Balaban J connectivity index is 0.00000306. The van der Waals surface area contributed by atoms with Crippen LogP contribution in [0.2, 0.25) is 0 Å². The topological polar surface area (TPSA) is 74.9 Å². The summed E-state index contributed by atoms with van der Waals surface area (Å²) in [6.45, 7) is 12.5. The number of benzene rings is 1. The van der Waals surface area contributed by atoms with Gasteiger partial charge in [-0.3, -0.25) is 9.89 Å². The largest absolute Gasteiger partial charge is 0.493 e. The zero-order valence-electron chi connectivity index (χ0n) is 20.2. The predicted octanol–water partition coefficient (Wildman–Crippen LogP) is 3.85. The van der Waals surface area contributed by atoms with E-state index in [1.54, 1.807) is 0 Å². The lowest BCUT2D eigenvalue weighted by atomic mass is 9.97. The second kappa shape index (κ2) is 12.6. The van der Waals surface area contributed by atoms with Crippen LogP contribution in [0.3, 0.4) is 0 Å². The summed E-state index contributed by atoms with van der Waals surface area (Å²) in [5.41, 5.74) is 3.68. The molecule has 0 radical (unpaired) electrons. The number of oxazole rings is 1. The van der Waals surface area contributed by atoms with Crippen LogP contribution < -0.4 is 15.4 Å². The lowest BCUT2D eigenvalue weighted by molar-refractivity contribution is 0.166. The number of ether oxygens (including phenoxy) is 1. The molecule has 1 fully saturated rings. The third-order valence-electron chi connectivity index (χ3n) is 6.45. The molecule has 182 valence electrons. The standard InChI is InChI=1S/C25H37N5O2.HI/c1-4-26-25(27-11-7-20-5-6-23-22(15-20)10-14-31-23)28-16-21-8-12-30(13-9-21)17-24-29-18(2)19(3)32-24;/h5-6,15,21H,4,7-14,16-17H2,1-3H3,(H2,26,27,28);1H. The fourth-order valence-corrected chi connectivity index (χ4v) is 4.41. The molecule has 0 amide bonds. The average Bonchev–Trinajstić information content (AvgIpc) is 3.38. The van der Waals surface area contributed by atoms with Crippen molar-refractivity contribution in [2.75, 3.05) is 39.3 Å². The van der Waals surface area contributed by atoms with Crippen molar-refractivity contribution in [3.05, 3.63) is 46.7 Å². The minimum Gasteiger partial charge on any atom is -0.493 e. The van der Waals surface area contributed by atoms with Gasteiger partial charge in [-0.05, 0) is 76.2 Å². The van der Waals surface area contributed by atoms with E-state index < -0.39 is 0 Å². The number of fused-ring (bicyclic) bond motifs is 1. The molecule has 0 saturated carbocycles. The number of aryl methyl sites for hydroxylation is 2. The Morgan fingerprint density at radius 2 is 2.03 bits per heavy atom. The Bertz CT molecular complexity index is 902. The summed E-state index contributed by atoms with van der Waals surface area (Å²) in [6, 6.07) is 6.56. The quantitative estimate of drug-likeness (QED) is 0.287. The Labute approximate surface area is 214 Å². The Hall–Kier alpha value is -1.81. The van der Waals surface area contributed by atoms with Crippen LogP contribution in [0.25, 0.3) is 0 Å². The number of aromatic nitrogens is 1. The van der Waals surface area contributed by atoms with Gasteiger partial charge in [-0.15, -0.1) is 24.0 Å². The van der Waals surface area contributed by atoms with E-state index in [9.17, 15) is 0 Å². The van der Waals surface area contributed by atoms with Crippen molar-refractivity contribution in [3.8, 4) is 5.75 Å². The van der Waals surface area contributed by atoms with Gasteiger partial charge in [0.2, 0.25) is 5.89 Å². The lowest BCUT2D eigenvalue weighted by Crippen LogP contribution is -2.39. The molecule has 0 spiro atoms. The molecule has 0 bridgehead atoms. The van der Waals surface area contributed by atoms with Crippen molar-refractivity contribution in [2.24, 2.45) is 10.9 Å². The molecule has 0 unspecified atom stereocenters. The highest BCUT2D eigenvalue weighted by Crippen LogP contribution is 2.26. The van der Waals surface area contributed by atoms with Crippen LogP contribution in [0, 0.1) is 19.8 Å². The molecule has 2 N–H and O–H groups in total. The van der Waals surface area contributed by atoms with Crippen molar-refractivity contribution in [2.45, 2.75) is 53.0 Å². The molecule has 0 atom stereocenters. The van der Waals surface area contributed by atoms with E-state index >= 15 is 0 Å². The summed E-state index contributed by atoms with van der Waals surface area (Å²) in [4.78, 5) is 11.8. The van der Waals surface area contributed by atoms with Gasteiger partial charge in [0.05, 0.1) is 18.8 Å². The molecular formula is C25H38IN5O2. The number of hydrogen-bond donors (Lipinski definition) is 2. The first-order valence-corrected chi connectivity index (χ1v) is 12.0. The number of guanidine groups is 1. The number of hydrogen-bond acceptors (Lipinski definition) is 5. The van der Waals surface area contributed by atoms with Crippen molar-refractivity contribution < 1.29 is 9.15 Å². The molecule has 1 saturated heterocycles. The number of nitrogens with zero attached hydrogens (tertiary/aromatic N) is 3. The molecule has 33 heavy (non-hydrogen) atoms. The lowest BCUT2D eigenvalue weighted by Gasteiger charge is -2.30. The van der Waals surface area contributed by atoms with E-state index in [-0.39, 0.29) is 24.0 Å². The Morgan fingerprint density at radius 3 is 2.76 bits per heavy atom. The number of rotatable bonds is 8. The van der Waals surface area contributed by atoms with Crippen LogP contribution in [0.15, 0.2) is 27.6 Å². The monoisotopic (exact) mass is 567 g/mol. The third-order valence-corrected chi connectivity index (χ3v) is 6.45. The van der Waals surface area contributed by atoms with Gasteiger partial charge in [0.25, 0.3) is 0 Å². The molecular weight excluding hydrogens is 529 g/mol. The van der Waals surface area contributed by atoms with Gasteiger partial charge in [0, 0.05) is 26.1 Å². The smallest absolute Gasteiger partial charge is 0.208 e. The molecule has 2 aliphatic heterocycles. The van der Waals surface area contributed by atoms with Crippen LogP contribution in [0.5, 0.6) is 5.75 Å². The second-order valence-electron chi connectivity index (χ2n) is 8.91. The van der Waals surface area contributed by atoms with E-state index in [1.807, 2.05) is 13.8 Å². The molecule has 8 heteroatoms. The van der Waals surface area contributed by atoms with Gasteiger partial charge in [0.1, 0.15) is 11.5 Å². The molecule has 3 heterocycles. The van der Waals surface area contributed by atoms with Crippen LogP contribution in [-0.4, -0.2) is 55.2 Å². The van der Waals surface area contributed by atoms with Gasteiger partial charge in [-0.2, -0.15) is 0 Å². The molecule has 1 aromatic carbocycles. The number of nitrogens with one attached hydrogen (secondary N) is 2. The van der Waals surface area contributed by atoms with Gasteiger partial charge in [-0.1, -0.05) is 12.1 Å². The normalized spacial score (nSPS) is 16.8. The van der Waals surface area contributed by atoms with Crippen molar-refractivity contribution in [1.82, 2.24) is 20.5 Å². The summed E-state index contributed by atoms with van der Waals surface area (Å²) >= 11 is 0. The molecule has 0 aliphatic carbocycles. The molecule has 1 aromatic heterocycles. The molecule has 7 nitrogen and oxygen atoms in total. The van der Waals surface area contributed by atoms with Crippen LogP contribution in [0.1, 0.15) is 48.2 Å². The molecule has 2 aliphatic rings. The number of likely N-dealkylation sites (tertiary alicyclic amines) is 1. The van der Waals surface area contributed by atoms with Crippen molar-refractivity contribution in [3.63, 3.8) is 0 Å². The average molecular weight is 568 g/mol. The van der Waals surface area contributed by atoms with Crippen molar-refractivity contribution >= 4 is 29.9 Å². The highest BCUT2D eigenvalue weighted by atomic mass is 127. The summed E-state index contributed by atoms with van der Waals surface area (Å²) < 4.78 is 11.3. The highest BCUT2D eigenvalue weighted by molar-refractivity contribution is 14.0. The van der Waals surface area contributed by atoms with E-state index in [0.29, 0.717) is 5.92 Å². The van der Waals surface area contributed by atoms with Gasteiger partial charge in [-0.25, -0.2) is 4.98 Å². The van der Waals surface area contributed by atoms with E-state index in [2.05, 4.69) is 45.6 Å². The maximum Gasteiger partial charge on any atom is 0.208 e. The van der Waals surface area contributed by atoms with Crippen LogP contribution in [-0.2, 0) is 19.4 Å². The van der Waals surface area contributed by atoms with E-state index in [0.717, 1.165) is 87.8 Å². The first kappa shape index (κ1) is 25.8. The first-order chi connectivity index (χ1) is 15.6. The summed E-state index contributed by atoms with van der Waals surface area (Å²) in [5, 5.41) is 6.89. The zero-order chi connectivity index (χ0) is 22.3. The number of piperidine rings is 1. The first-order valence-electron chi connectivity index (χ1n) is 12.0. The van der Waals surface area contributed by atoms with Crippen LogP contribution in [0.4, 0.5) is 0 Å². The number of aliphatic imine (C=N–C) groups is 1.